The molecule has 3 N–H and O–H groups in total. The molecule has 0 unspecified atom stereocenters. The Morgan fingerprint density at radius 3 is 0.909 bits per heavy atom. The number of hydrogen-bond acceptors (Lipinski definition) is 4. The fourth-order valence-electron chi connectivity index (χ4n) is 2.10. The highest BCUT2D eigenvalue weighted by atomic mass is 15.2. The van der Waals surface area contributed by atoms with Crippen LogP contribution in [-0.4, -0.2) is 60.8 Å². The van der Waals surface area contributed by atoms with E-state index in [1.165, 1.54) is 0 Å². The molecule has 22 heavy (non-hydrogen) atoms. The largest absolute Gasteiger partial charge is 0.311 e. The number of rotatable bonds is 9. The predicted octanol–water partition coefficient (Wildman–Crippen LogP) is 2.45. The van der Waals surface area contributed by atoms with E-state index < -0.39 is 0 Å². The molecule has 0 saturated carbocycles. The van der Waals surface area contributed by atoms with Gasteiger partial charge in [-0.05, 0) is 62.3 Å². The van der Waals surface area contributed by atoms with E-state index in [-0.39, 0.29) is 16.6 Å². The van der Waals surface area contributed by atoms with Gasteiger partial charge in [0, 0.05) is 55.9 Å². The highest BCUT2D eigenvalue weighted by Crippen LogP contribution is 2.01. The van der Waals surface area contributed by atoms with E-state index in [1.807, 2.05) is 0 Å². The van der Waals surface area contributed by atoms with Crippen LogP contribution < -0.4 is 16.0 Å². The van der Waals surface area contributed by atoms with Crippen LogP contribution in [0.3, 0.4) is 0 Å². The summed E-state index contributed by atoms with van der Waals surface area (Å²) in [4.78, 5) is 2.54. The Balaban J connectivity index is 4.19. The third-order valence-electron chi connectivity index (χ3n) is 3.25. The average molecular weight is 315 g/mol. The van der Waals surface area contributed by atoms with Crippen LogP contribution in [0.25, 0.3) is 0 Å². The molecule has 0 rings (SSSR count). The molecule has 0 aliphatic heterocycles. The Morgan fingerprint density at radius 2 is 0.727 bits per heavy atom. The van der Waals surface area contributed by atoms with Gasteiger partial charge in [0.2, 0.25) is 0 Å². The summed E-state index contributed by atoms with van der Waals surface area (Å²) in [5, 5.41) is 10.7. The number of hydrogen-bond donors (Lipinski definition) is 3. The Kier molecular flexibility index (Phi) is 9.15. The van der Waals surface area contributed by atoms with Crippen molar-refractivity contribution in [3.63, 3.8) is 0 Å². The van der Waals surface area contributed by atoms with Crippen LogP contribution in [0, 0.1) is 0 Å². The van der Waals surface area contributed by atoms with E-state index in [1.54, 1.807) is 0 Å². The van der Waals surface area contributed by atoms with E-state index in [9.17, 15) is 0 Å². The van der Waals surface area contributed by atoms with E-state index in [4.69, 9.17) is 0 Å². The molecule has 0 aromatic heterocycles. The normalized spacial score (nSPS) is 13.9. The Morgan fingerprint density at radius 1 is 0.500 bits per heavy atom. The molecule has 0 fully saturated rings. The minimum Gasteiger partial charge on any atom is -0.311 e. The lowest BCUT2D eigenvalue weighted by molar-refractivity contribution is 0.243. The fraction of sp³-hybridized carbons (Fsp3) is 1.00. The topological polar surface area (TPSA) is 39.3 Å². The van der Waals surface area contributed by atoms with Crippen molar-refractivity contribution in [1.29, 1.82) is 0 Å². The van der Waals surface area contributed by atoms with E-state index in [2.05, 4.69) is 83.2 Å². The Bertz CT molecular complexity index is 233. The smallest absolute Gasteiger partial charge is 0.0108 e. The fourth-order valence-corrected chi connectivity index (χ4v) is 2.10. The molecule has 0 aliphatic rings. The lowest BCUT2D eigenvalue weighted by Crippen LogP contribution is -2.47. The zero-order valence-corrected chi connectivity index (χ0v) is 16.7. The molecule has 0 atom stereocenters. The van der Waals surface area contributed by atoms with Crippen molar-refractivity contribution in [1.82, 2.24) is 20.9 Å². The van der Waals surface area contributed by atoms with Crippen molar-refractivity contribution in [3.05, 3.63) is 0 Å². The third-order valence-corrected chi connectivity index (χ3v) is 3.25. The molecule has 0 aromatic rings. The van der Waals surface area contributed by atoms with Crippen LogP contribution in [0.4, 0.5) is 0 Å². The summed E-state index contributed by atoms with van der Waals surface area (Å²) >= 11 is 0. The minimum absolute atomic E-state index is 0.193. The van der Waals surface area contributed by atoms with Crippen molar-refractivity contribution in [2.45, 2.75) is 78.9 Å². The van der Waals surface area contributed by atoms with Gasteiger partial charge in [-0.25, -0.2) is 0 Å². The van der Waals surface area contributed by atoms with Gasteiger partial charge in [-0.3, -0.25) is 4.90 Å². The molecule has 0 radical (unpaired) electrons. The maximum atomic E-state index is 3.58. The monoisotopic (exact) mass is 314 g/mol. The van der Waals surface area contributed by atoms with Gasteiger partial charge >= 0.3 is 0 Å². The predicted molar refractivity (Wildman–Crippen MR) is 99.7 cm³/mol. The first-order valence-electron chi connectivity index (χ1n) is 8.76. The highest BCUT2D eigenvalue weighted by molar-refractivity contribution is 4.76. The molecule has 0 bridgehead atoms. The standard InChI is InChI=1S/C18H42N4/c1-16(2,3)19-10-13-22(14-11-20-17(4,5)6)15-12-21-18(7,8)9/h19-21H,10-15H2,1-9H3. The molecule has 4 nitrogen and oxygen atoms in total. The van der Waals surface area contributed by atoms with Gasteiger partial charge in [0.15, 0.2) is 0 Å². The maximum Gasteiger partial charge on any atom is 0.0108 e. The van der Waals surface area contributed by atoms with Gasteiger partial charge in [0.05, 0.1) is 0 Å². The summed E-state index contributed by atoms with van der Waals surface area (Å²) in [5.74, 6) is 0. The molecule has 0 aliphatic carbocycles. The zero-order chi connectivity index (χ0) is 17.4. The Labute approximate surface area is 139 Å². The second kappa shape index (κ2) is 9.21. The molecule has 0 spiro atoms. The molecule has 4 heteroatoms. The molecule has 0 saturated heterocycles. The lowest BCUT2D eigenvalue weighted by atomic mass is 10.1. The lowest BCUT2D eigenvalue weighted by Gasteiger charge is -2.29. The molecule has 0 aromatic carbocycles. The van der Waals surface area contributed by atoms with Gasteiger partial charge in [-0.2, -0.15) is 0 Å². The molecular formula is C18H42N4. The van der Waals surface area contributed by atoms with Crippen LogP contribution in [0.15, 0.2) is 0 Å². The number of nitrogens with zero attached hydrogens (tertiary/aromatic N) is 1. The zero-order valence-electron chi connectivity index (χ0n) is 16.7. The summed E-state index contributed by atoms with van der Waals surface area (Å²) in [6.07, 6.45) is 0. The van der Waals surface area contributed by atoms with Gasteiger partial charge in [0.1, 0.15) is 0 Å². The van der Waals surface area contributed by atoms with Crippen LogP contribution in [0.1, 0.15) is 62.3 Å². The highest BCUT2D eigenvalue weighted by Gasteiger charge is 2.14. The second-order valence-corrected chi connectivity index (χ2v) is 9.37. The quantitative estimate of drug-likeness (QED) is 0.611. The van der Waals surface area contributed by atoms with Crippen molar-refractivity contribution in [2.24, 2.45) is 0 Å². The number of nitrogens with one attached hydrogen (secondary N) is 3. The van der Waals surface area contributed by atoms with E-state index >= 15 is 0 Å². The molecular weight excluding hydrogens is 272 g/mol. The van der Waals surface area contributed by atoms with Crippen LogP contribution in [-0.2, 0) is 0 Å². The third kappa shape index (κ3) is 16.2. The first-order valence-corrected chi connectivity index (χ1v) is 8.76. The minimum atomic E-state index is 0.193. The summed E-state index contributed by atoms with van der Waals surface area (Å²) in [7, 11) is 0. The second-order valence-electron chi connectivity index (χ2n) is 9.37. The first-order chi connectivity index (χ1) is 9.79. The van der Waals surface area contributed by atoms with Crippen LogP contribution >= 0.6 is 0 Å². The summed E-state index contributed by atoms with van der Waals surface area (Å²) in [6, 6.07) is 0. The van der Waals surface area contributed by atoms with Crippen molar-refractivity contribution < 1.29 is 0 Å². The van der Waals surface area contributed by atoms with Gasteiger partial charge in [-0.15, -0.1) is 0 Å². The molecule has 0 amide bonds. The Hall–Kier alpha value is -0.160. The summed E-state index contributed by atoms with van der Waals surface area (Å²) in [6.45, 7) is 26.4. The van der Waals surface area contributed by atoms with Crippen LogP contribution in [0.2, 0.25) is 0 Å². The molecule has 134 valence electrons. The van der Waals surface area contributed by atoms with E-state index in [0.29, 0.717) is 0 Å². The van der Waals surface area contributed by atoms with Crippen molar-refractivity contribution >= 4 is 0 Å². The van der Waals surface area contributed by atoms with Gasteiger partial charge < -0.3 is 16.0 Å². The van der Waals surface area contributed by atoms with Crippen molar-refractivity contribution in [2.75, 3.05) is 39.3 Å². The van der Waals surface area contributed by atoms with E-state index in [0.717, 1.165) is 39.3 Å². The van der Waals surface area contributed by atoms with Crippen molar-refractivity contribution in [3.8, 4) is 0 Å². The van der Waals surface area contributed by atoms with Gasteiger partial charge in [-0.1, -0.05) is 0 Å². The summed E-state index contributed by atoms with van der Waals surface area (Å²) in [5.41, 5.74) is 0.580. The average Bonchev–Trinajstić information content (AvgIpc) is 2.23. The summed E-state index contributed by atoms with van der Waals surface area (Å²) < 4.78 is 0. The SMILES string of the molecule is CC(C)(C)NCCN(CCNC(C)(C)C)CCNC(C)(C)C. The first kappa shape index (κ1) is 21.8. The van der Waals surface area contributed by atoms with Crippen LogP contribution in [0.5, 0.6) is 0 Å². The maximum absolute atomic E-state index is 3.58. The van der Waals surface area contributed by atoms with Gasteiger partial charge in [0.25, 0.3) is 0 Å². The molecule has 0 heterocycles.